The summed E-state index contributed by atoms with van der Waals surface area (Å²) in [6.07, 6.45) is 2.73. The number of rotatable bonds is 0. The lowest BCUT2D eigenvalue weighted by atomic mass is 9.93. The fraction of sp³-hybridized carbons (Fsp3) is 1.00. The van der Waals surface area contributed by atoms with E-state index in [1.54, 1.807) is 0 Å². The third kappa shape index (κ3) is 0.654. The fourth-order valence-corrected chi connectivity index (χ4v) is 2.01. The number of nitrogens with two attached hydrogens (primary N) is 1. The molecule has 1 heterocycles. The molecule has 0 aromatic heterocycles. The van der Waals surface area contributed by atoms with Gasteiger partial charge in [-0.2, -0.15) is 0 Å². The molecule has 58 valence electrons. The molecular weight excluding hydrogens is 130 g/mol. The summed E-state index contributed by atoms with van der Waals surface area (Å²) in [5, 5.41) is 9.41. The Hall–Kier alpha value is -0.120. The van der Waals surface area contributed by atoms with Crippen LogP contribution in [0, 0.1) is 0 Å². The van der Waals surface area contributed by atoms with Gasteiger partial charge in [0.15, 0.2) is 0 Å². The second-order valence-corrected chi connectivity index (χ2v) is 3.34. The van der Waals surface area contributed by atoms with Crippen LogP contribution in [0.5, 0.6) is 0 Å². The van der Waals surface area contributed by atoms with E-state index in [4.69, 9.17) is 10.5 Å². The van der Waals surface area contributed by atoms with Crippen LogP contribution in [0.4, 0.5) is 0 Å². The molecule has 2 rings (SSSR count). The van der Waals surface area contributed by atoms with Crippen molar-refractivity contribution in [2.45, 2.75) is 37.0 Å². The lowest BCUT2D eigenvalue weighted by molar-refractivity contribution is 0.0860. The minimum atomic E-state index is -0.431. The Balaban J connectivity index is 2.21. The SMILES string of the molecule is NC12CCCC1OCC2O. The average molecular weight is 143 g/mol. The van der Waals surface area contributed by atoms with E-state index in [1.165, 1.54) is 0 Å². The molecule has 0 spiro atoms. The maximum atomic E-state index is 9.41. The maximum Gasteiger partial charge on any atom is 0.0978 e. The van der Waals surface area contributed by atoms with Crippen LogP contribution in [0.1, 0.15) is 19.3 Å². The predicted octanol–water partition coefficient (Wildman–Crippen LogP) is -0.373. The van der Waals surface area contributed by atoms with Gasteiger partial charge in [-0.3, -0.25) is 0 Å². The first-order valence-corrected chi connectivity index (χ1v) is 3.82. The van der Waals surface area contributed by atoms with Gasteiger partial charge in [0.2, 0.25) is 0 Å². The van der Waals surface area contributed by atoms with Crippen molar-refractivity contribution in [3.05, 3.63) is 0 Å². The first kappa shape index (κ1) is 6.58. The molecule has 2 fully saturated rings. The molecule has 1 aliphatic heterocycles. The van der Waals surface area contributed by atoms with Gasteiger partial charge < -0.3 is 15.6 Å². The van der Waals surface area contributed by atoms with Crippen LogP contribution in [0.3, 0.4) is 0 Å². The Labute approximate surface area is 60.2 Å². The lowest BCUT2D eigenvalue weighted by Crippen LogP contribution is -2.51. The predicted molar refractivity (Wildman–Crippen MR) is 36.5 cm³/mol. The number of hydrogen-bond acceptors (Lipinski definition) is 3. The van der Waals surface area contributed by atoms with Gasteiger partial charge in [0.1, 0.15) is 0 Å². The molecule has 3 heteroatoms. The van der Waals surface area contributed by atoms with Gasteiger partial charge in [0.25, 0.3) is 0 Å². The molecule has 1 saturated carbocycles. The molecule has 2 aliphatic rings. The van der Waals surface area contributed by atoms with Crippen LogP contribution >= 0.6 is 0 Å². The Morgan fingerprint density at radius 1 is 1.60 bits per heavy atom. The maximum absolute atomic E-state index is 9.41. The van der Waals surface area contributed by atoms with E-state index in [2.05, 4.69) is 0 Å². The van der Waals surface area contributed by atoms with Gasteiger partial charge in [0.05, 0.1) is 24.4 Å². The van der Waals surface area contributed by atoms with Crippen LogP contribution in [-0.4, -0.2) is 29.5 Å². The van der Waals surface area contributed by atoms with E-state index in [9.17, 15) is 5.11 Å². The van der Waals surface area contributed by atoms with Gasteiger partial charge in [-0.25, -0.2) is 0 Å². The van der Waals surface area contributed by atoms with E-state index in [-0.39, 0.29) is 6.10 Å². The zero-order valence-corrected chi connectivity index (χ0v) is 5.92. The number of aliphatic hydroxyl groups is 1. The summed E-state index contributed by atoms with van der Waals surface area (Å²) in [5.74, 6) is 0. The van der Waals surface area contributed by atoms with Crippen molar-refractivity contribution in [3.8, 4) is 0 Å². The van der Waals surface area contributed by atoms with E-state index in [0.717, 1.165) is 19.3 Å². The van der Waals surface area contributed by atoms with Gasteiger partial charge in [0, 0.05) is 0 Å². The zero-order chi connectivity index (χ0) is 7.19. The molecule has 0 radical (unpaired) electrons. The molecule has 0 aromatic carbocycles. The van der Waals surface area contributed by atoms with Crippen molar-refractivity contribution < 1.29 is 9.84 Å². The van der Waals surface area contributed by atoms with E-state index in [1.807, 2.05) is 0 Å². The summed E-state index contributed by atoms with van der Waals surface area (Å²) < 4.78 is 5.32. The molecular formula is C7H13NO2. The minimum Gasteiger partial charge on any atom is -0.389 e. The van der Waals surface area contributed by atoms with Crippen LogP contribution in [0.15, 0.2) is 0 Å². The molecule has 3 atom stereocenters. The van der Waals surface area contributed by atoms with E-state index >= 15 is 0 Å². The summed E-state index contributed by atoms with van der Waals surface area (Å²) in [5.41, 5.74) is 5.53. The Morgan fingerprint density at radius 3 is 3.10 bits per heavy atom. The molecule has 0 aromatic rings. The molecule has 3 nitrogen and oxygen atoms in total. The van der Waals surface area contributed by atoms with Crippen molar-refractivity contribution in [2.24, 2.45) is 5.73 Å². The monoisotopic (exact) mass is 143 g/mol. The van der Waals surface area contributed by atoms with Crippen molar-refractivity contribution in [1.29, 1.82) is 0 Å². The van der Waals surface area contributed by atoms with Crippen molar-refractivity contribution >= 4 is 0 Å². The summed E-state index contributed by atoms with van der Waals surface area (Å²) >= 11 is 0. The molecule has 3 N–H and O–H groups in total. The largest absolute Gasteiger partial charge is 0.389 e. The quantitative estimate of drug-likeness (QED) is 0.486. The van der Waals surface area contributed by atoms with Crippen molar-refractivity contribution in [2.75, 3.05) is 6.61 Å². The first-order chi connectivity index (χ1) is 4.73. The Bertz CT molecular complexity index is 151. The third-order valence-electron chi connectivity index (χ3n) is 2.75. The Kier molecular flexibility index (Phi) is 1.27. The number of fused-ring (bicyclic) bond motifs is 1. The molecule has 1 saturated heterocycles. The van der Waals surface area contributed by atoms with Gasteiger partial charge in [-0.1, -0.05) is 0 Å². The van der Waals surface area contributed by atoms with Crippen LogP contribution in [0.25, 0.3) is 0 Å². The van der Waals surface area contributed by atoms with Gasteiger partial charge in [-0.15, -0.1) is 0 Å². The highest BCUT2D eigenvalue weighted by Crippen LogP contribution is 2.37. The summed E-state index contributed by atoms with van der Waals surface area (Å²) in [6, 6.07) is 0. The first-order valence-electron chi connectivity index (χ1n) is 3.82. The number of ether oxygens (including phenoxy) is 1. The summed E-state index contributed by atoms with van der Waals surface area (Å²) in [7, 11) is 0. The zero-order valence-electron chi connectivity index (χ0n) is 5.92. The number of aliphatic hydroxyl groups excluding tert-OH is 1. The highest BCUT2D eigenvalue weighted by atomic mass is 16.5. The standard InChI is InChI=1S/C7H13NO2/c8-7-3-1-2-6(7)10-4-5(7)9/h5-6,9H,1-4,8H2. The smallest absolute Gasteiger partial charge is 0.0978 e. The lowest BCUT2D eigenvalue weighted by Gasteiger charge is -2.24. The highest BCUT2D eigenvalue weighted by molar-refractivity contribution is 5.06. The van der Waals surface area contributed by atoms with Crippen molar-refractivity contribution in [3.63, 3.8) is 0 Å². The Morgan fingerprint density at radius 2 is 2.40 bits per heavy atom. The second kappa shape index (κ2) is 1.94. The van der Waals surface area contributed by atoms with Gasteiger partial charge >= 0.3 is 0 Å². The van der Waals surface area contributed by atoms with E-state index < -0.39 is 11.6 Å². The number of hydrogen-bond donors (Lipinski definition) is 2. The molecule has 0 bridgehead atoms. The van der Waals surface area contributed by atoms with Crippen LogP contribution in [-0.2, 0) is 4.74 Å². The normalized spacial score (nSPS) is 53.4. The topological polar surface area (TPSA) is 55.5 Å². The summed E-state index contributed by atoms with van der Waals surface area (Å²) in [6.45, 7) is 0.432. The van der Waals surface area contributed by atoms with Crippen molar-refractivity contribution in [1.82, 2.24) is 0 Å². The molecule has 0 amide bonds. The molecule has 10 heavy (non-hydrogen) atoms. The summed E-state index contributed by atoms with van der Waals surface area (Å²) in [4.78, 5) is 0. The van der Waals surface area contributed by atoms with E-state index in [0.29, 0.717) is 6.61 Å². The van der Waals surface area contributed by atoms with Crippen LogP contribution in [0.2, 0.25) is 0 Å². The van der Waals surface area contributed by atoms with Crippen LogP contribution < -0.4 is 5.73 Å². The fourth-order valence-electron chi connectivity index (χ4n) is 2.01. The molecule has 1 aliphatic carbocycles. The second-order valence-electron chi connectivity index (χ2n) is 3.34. The molecule has 3 unspecified atom stereocenters. The average Bonchev–Trinajstić information content (AvgIpc) is 2.36. The minimum absolute atomic E-state index is 0.127. The highest BCUT2D eigenvalue weighted by Gasteiger charge is 2.50. The third-order valence-corrected chi connectivity index (χ3v) is 2.75. The van der Waals surface area contributed by atoms with Gasteiger partial charge in [-0.05, 0) is 19.3 Å².